The predicted octanol–water partition coefficient (Wildman–Crippen LogP) is 2.31. The molecule has 0 saturated carbocycles. The Labute approximate surface area is 128 Å². The highest BCUT2D eigenvalue weighted by Crippen LogP contribution is 2.18. The van der Waals surface area contributed by atoms with E-state index < -0.39 is 11.9 Å². The fraction of sp³-hybridized carbons (Fsp3) is 0.312. The van der Waals surface area contributed by atoms with Gasteiger partial charge in [0.25, 0.3) is 5.91 Å². The maximum Gasteiger partial charge on any atom is 0.354 e. The van der Waals surface area contributed by atoms with Gasteiger partial charge in [-0.3, -0.25) is 9.48 Å². The van der Waals surface area contributed by atoms with E-state index in [1.54, 1.807) is 0 Å². The van der Waals surface area contributed by atoms with Crippen LogP contribution in [-0.4, -0.2) is 26.8 Å². The molecule has 0 saturated heterocycles. The van der Waals surface area contributed by atoms with Crippen molar-refractivity contribution in [1.82, 2.24) is 15.1 Å². The number of aromatic nitrogens is 2. The standard InChI is InChI=1S/C16H19N3O3/c1-4-13(11-7-5-10(2)6-8-11)18-15(20)12-9-17-19(3)14(12)16(21)22/h5-9,13H,4H2,1-3H3,(H,18,20)(H,21,22). The van der Waals surface area contributed by atoms with Gasteiger partial charge in [0.1, 0.15) is 0 Å². The van der Waals surface area contributed by atoms with Gasteiger partial charge in [-0.25, -0.2) is 4.79 Å². The molecule has 2 rings (SSSR count). The van der Waals surface area contributed by atoms with Gasteiger partial charge < -0.3 is 10.4 Å². The zero-order valence-electron chi connectivity index (χ0n) is 12.8. The summed E-state index contributed by atoms with van der Waals surface area (Å²) < 4.78 is 1.18. The maximum atomic E-state index is 12.4. The van der Waals surface area contributed by atoms with Crippen molar-refractivity contribution >= 4 is 11.9 Å². The van der Waals surface area contributed by atoms with Crippen molar-refractivity contribution in [2.75, 3.05) is 0 Å². The van der Waals surface area contributed by atoms with E-state index in [1.807, 2.05) is 38.1 Å². The Morgan fingerprint density at radius 1 is 1.32 bits per heavy atom. The molecule has 2 aromatic rings. The third-order valence-corrected chi connectivity index (χ3v) is 3.58. The maximum absolute atomic E-state index is 12.4. The summed E-state index contributed by atoms with van der Waals surface area (Å²) in [5.41, 5.74) is 2.09. The van der Waals surface area contributed by atoms with E-state index in [4.69, 9.17) is 0 Å². The smallest absolute Gasteiger partial charge is 0.354 e. The second-order valence-corrected chi connectivity index (χ2v) is 5.18. The Morgan fingerprint density at radius 2 is 1.95 bits per heavy atom. The summed E-state index contributed by atoms with van der Waals surface area (Å²) in [6, 6.07) is 7.72. The van der Waals surface area contributed by atoms with Gasteiger partial charge in [-0.1, -0.05) is 36.8 Å². The largest absolute Gasteiger partial charge is 0.477 e. The Kier molecular flexibility index (Phi) is 4.60. The van der Waals surface area contributed by atoms with Crippen LogP contribution >= 0.6 is 0 Å². The Bertz CT molecular complexity index is 689. The summed E-state index contributed by atoms with van der Waals surface area (Å²) in [6.07, 6.45) is 1.98. The number of carbonyl (C=O) groups excluding carboxylic acids is 1. The van der Waals surface area contributed by atoms with E-state index in [9.17, 15) is 14.7 Å². The molecule has 1 heterocycles. The molecule has 0 aliphatic rings. The van der Waals surface area contributed by atoms with Gasteiger partial charge in [0.05, 0.1) is 17.8 Å². The fourth-order valence-electron chi connectivity index (χ4n) is 2.31. The molecule has 1 atom stereocenters. The van der Waals surface area contributed by atoms with Gasteiger partial charge in [0.2, 0.25) is 0 Å². The fourth-order valence-corrected chi connectivity index (χ4v) is 2.31. The molecule has 0 fully saturated rings. The first-order chi connectivity index (χ1) is 10.4. The van der Waals surface area contributed by atoms with E-state index in [-0.39, 0.29) is 17.3 Å². The minimum absolute atomic E-state index is 0.0700. The lowest BCUT2D eigenvalue weighted by atomic mass is 10.0. The van der Waals surface area contributed by atoms with Crippen LogP contribution in [-0.2, 0) is 7.05 Å². The summed E-state index contributed by atoms with van der Waals surface area (Å²) in [6.45, 7) is 3.96. The van der Waals surface area contributed by atoms with Crippen molar-refractivity contribution in [1.29, 1.82) is 0 Å². The van der Waals surface area contributed by atoms with Gasteiger partial charge in [0.15, 0.2) is 5.69 Å². The zero-order valence-corrected chi connectivity index (χ0v) is 12.8. The van der Waals surface area contributed by atoms with Crippen molar-refractivity contribution < 1.29 is 14.7 Å². The Balaban J connectivity index is 2.23. The molecule has 6 nitrogen and oxygen atoms in total. The normalized spacial score (nSPS) is 12.0. The summed E-state index contributed by atoms with van der Waals surface area (Å²) in [4.78, 5) is 23.6. The number of amides is 1. The second kappa shape index (κ2) is 6.43. The summed E-state index contributed by atoms with van der Waals surface area (Å²) in [5, 5.41) is 15.9. The summed E-state index contributed by atoms with van der Waals surface area (Å²) in [7, 11) is 1.50. The molecule has 116 valence electrons. The van der Waals surface area contributed by atoms with Crippen molar-refractivity contribution in [2.45, 2.75) is 26.3 Å². The van der Waals surface area contributed by atoms with Gasteiger partial charge in [0, 0.05) is 7.05 Å². The quantitative estimate of drug-likeness (QED) is 0.887. The second-order valence-electron chi connectivity index (χ2n) is 5.18. The monoisotopic (exact) mass is 301 g/mol. The number of carboxylic acids is 1. The lowest BCUT2D eigenvalue weighted by molar-refractivity contribution is 0.0678. The van der Waals surface area contributed by atoms with Crippen molar-refractivity contribution in [3.05, 3.63) is 52.8 Å². The number of rotatable bonds is 5. The molecule has 1 aromatic carbocycles. The highest BCUT2D eigenvalue weighted by Gasteiger charge is 2.23. The number of carboxylic acid groups (broad SMARTS) is 1. The highest BCUT2D eigenvalue weighted by molar-refractivity contribution is 6.03. The van der Waals surface area contributed by atoms with Crippen molar-refractivity contribution in [3.63, 3.8) is 0 Å². The first-order valence-corrected chi connectivity index (χ1v) is 7.06. The number of nitrogens with zero attached hydrogens (tertiary/aromatic N) is 2. The van der Waals surface area contributed by atoms with Gasteiger partial charge >= 0.3 is 5.97 Å². The first-order valence-electron chi connectivity index (χ1n) is 7.06. The Morgan fingerprint density at radius 3 is 2.50 bits per heavy atom. The topological polar surface area (TPSA) is 84.2 Å². The molecule has 0 radical (unpaired) electrons. The number of aryl methyl sites for hydroxylation is 2. The molecule has 6 heteroatoms. The van der Waals surface area contributed by atoms with Crippen LogP contribution < -0.4 is 5.32 Å². The van der Waals surface area contributed by atoms with Gasteiger partial charge in [-0.15, -0.1) is 0 Å². The van der Waals surface area contributed by atoms with Crippen LogP contribution in [0.1, 0.15) is 51.4 Å². The molecule has 1 amide bonds. The summed E-state index contributed by atoms with van der Waals surface area (Å²) >= 11 is 0. The zero-order chi connectivity index (χ0) is 16.3. The molecule has 0 aliphatic heterocycles. The van der Waals surface area contributed by atoms with Gasteiger partial charge in [-0.05, 0) is 18.9 Å². The predicted molar refractivity (Wildman–Crippen MR) is 81.8 cm³/mol. The van der Waals surface area contributed by atoms with E-state index in [0.29, 0.717) is 6.42 Å². The van der Waals surface area contributed by atoms with Crippen molar-refractivity contribution in [3.8, 4) is 0 Å². The molecule has 22 heavy (non-hydrogen) atoms. The molecule has 0 spiro atoms. The van der Waals surface area contributed by atoms with E-state index in [1.165, 1.54) is 17.9 Å². The third kappa shape index (κ3) is 3.16. The average molecular weight is 301 g/mol. The van der Waals surface area contributed by atoms with Crippen LogP contribution in [0.25, 0.3) is 0 Å². The molecular weight excluding hydrogens is 282 g/mol. The van der Waals surface area contributed by atoms with E-state index in [0.717, 1.165) is 11.1 Å². The first kappa shape index (κ1) is 15.8. The van der Waals surface area contributed by atoms with Crippen LogP contribution in [0.2, 0.25) is 0 Å². The molecule has 2 N–H and O–H groups in total. The number of nitrogens with one attached hydrogen (secondary N) is 1. The number of aromatic carboxylic acids is 1. The highest BCUT2D eigenvalue weighted by atomic mass is 16.4. The molecular formula is C16H19N3O3. The summed E-state index contributed by atoms with van der Waals surface area (Å²) in [5.74, 6) is -1.61. The lowest BCUT2D eigenvalue weighted by Gasteiger charge is -2.17. The number of benzene rings is 1. The lowest BCUT2D eigenvalue weighted by Crippen LogP contribution is -2.29. The minimum Gasteiger partial charge on any atom is -0.477 e. The number of carbonyl (C=O) groups is 2. The number of hydrogen-bond donors (Lipinski definition) is 2. The SMILES string of the molecule is CCC(NC(=O)c1cnn(C)c1C(=O)O)c1ccc(C)cc1. The van der Waals surface area contributed by atoms with Crippen LogP contribution in [0.5, 0.6) is 0 Å². The molecule has 0 aliphatic carbocycles. The van der Waals surface area contributed by atoms with Crippen LogP contribution in [0.4, 0.5) is 0 Å². The van der Waals surface area contributed by atoms with Crippen LogP contribution in [0.3, 0.4) is 0 Å². The number of hydrogen-bond acceptors (Lipinski definition) is 3. The van der Waals surface area contributed by atoms with Crippen molar-refractivity contribution in [2.24, 2.45) is 7.05 Å². The Hall–Kier alpha value is -2.63. The molecule has 0 bridgehead atoms. The average Bonchev–Trinajstić information content (AvgIpc) is 2.87. The minimum atomic E-state index is -1.17. The van der Waals surface area contributed by atoms with E-state index >= 15 is 0 Å². The molecule has 1 aromatic heterocycles. The third-order valence-electron chi connectivity index (χ3n) is 3.58. The molecule has 1 unspecified atom stereocenters. The van der Waals surface area contributed by atoms with Crippen LogP contribution in [0.15, 0.2) is 30.5 Å². The van der Waals surface area contributed by atoms with Crippen LogP contribution in [0, 0.1) is 6.92 Å². The van der Waals surface area contributed by atoms with E-state index in [2.05, 4.69) is 10.4 Å². The van der Waals surface area contributed by atoms with Gasteiger partial charge in [-0.2, -0.15) is 5.10 Å².